The molecule has 38 heavy (non-hydrogen) atoms. The number of nitrogens with one attached hydrogen (secondary N) is 1. The number of rotatable bonds is 9. The smallest absolute Gasteiger partial charge is 0.326 e. The largest absolute Gasteiger partial charge is 0.480 e. The van der Waals surface area contributed by atoms with E-state index in [9.17, 15) is 27.9 Å². The van der Waals surface area contributed by atoms with Gasteiger partial charge in [-0.05, 0) is 41.8 Å². The van der Waals surface area contributed by atoms with Crippen molar-refractivity contribution in [2.45, 2.75) is 23.8 Å². The van der Waals surface area contributed by atoms with Crippen molar-refractivity contribution in [1.29, 1.82) is 0 Å². The number of sulfonamides is 1. The lowest BCUT2D eigenvalue weighted by molar-refractivity contribution is -0.139. The summed E-state index contributed by atoms with van der Waals surface area (Å²) in [6.45, 7) is 0.686. The van der Waals surface area contributed by atoms with E-state index in [-0.39, 0.29) is 49.8 Å². The first-order valence-corrected chi connectivity index (χ1v) is 13.7. The molecule has 0 aromatic heterocycles. The van der Waals surface area contributed by atoms with Crippen molar-refractivity contribution in [2.75, 3.05) is 26.2 Å². The Labute approximate surface area is 221 Å². The van der Waals surface area contributed by atoms with Crippen LogP contribution in [0, 0.1) is 0 Å². The van der Waals surface area contributed by atoms with Crippen molar-refractivity contribution in [3.8, 4) is 11.1 Å². The maximum Gasteiger partial charge on any atom is 0.326 e. The highest BCUT2D eigenvalue weighted by Gasteiger charge is 2.31. The van der Waals surface area contributed by atoms with Gasteiger partial charge in [-0.2, -0.15) is 4.31 Å². The summed E-state index contributed by atoms with van der Waals surface area (Å²) >= 11 is 0. The van der Waals surface area contributed by atoms with Gasteiger partial charge in [0.05, 0.1) is 4.90 Å². The minimum absolute atomic E-state index is 0.0704. The molecule has 0 radical (unpaired) electrons. The van der Waals surface area contributed by atoms with Crippen LogP contribution < -0.4 is 5.32 Å². The molecule has 10 heteroatoms. The van der Waals surface area contributed by atoms with Gasteiger partial charge in [0.1, 0.15) is 6.04 Å². The Balaban J connectivity index is 1.30. The van der Waals surface area contributed by atoms with Crippen molar-refractivity contribution < 1.29 is 27.9 Å². The first kappa shape index (κ1) is 27.0. The highest BCUT2D eigenvalue weighted by molar-refractivity contribution is 7.89. The molecule has 0 saturated carbocycles. The van der Waals surface area contributed by atoms with Gasteiger partial charge in [-0.25, -0.2) is 13.2 Å². The second-order valence-electron chi connectivity index (χ2n) is 8.94. The molecule has 1 heterocycles. The van der Waals surface area contributed by atoms with Gasteiger partial charge in [0.15, 0.2) is 0 Å². The standard InChI is InChI=1S/C28H29N3O6S/c32-26(16-15-25(28(34)35)29-27(33)23-9-5-2-6-10-23)30-17-19-31(20-18-30)38(36,37)24-13-11-22(12-14-24)21-7-3-1-4-8-21/h1-14,25H,15-20H2,(H,29,33)(H,34,35)/t25-/m0/s1. The van der Waals surface area contributed by atoms with E-state index in [1.54, 1.807) is 54.6 Å². The van der Waals surface area contributed by atoms with Crippen LogP contribution in [0.1, 0.15) is 23.2 Å². The van der Waals surface area contributed by atoms with Crippen molar-refractivity contribution in [3.05, 3.63) is 90.5 Å². The maximum atomic E-state index is 13.1. The summed E-state index contributed by atoms with van der Waals surface area (Å²) in [6.07, 6.45) is -0.154. The summed E-state index contributed by atoms with van der Waals surface area (Å²) < 4.78 is 27.6. The molecule has 1 aliphatic rings. The van der Waals surface area contributed by atoms with E-state index < -0.39 is 27.9 Å². The third-order valence-electron chi connectivity index (χ3n) is 6.48. The molecule has 0 aliphatic carbocycles. The number of amides is 2. The molecule has 4 rings (SSSR count). The number of nitrogens with zero attached hydrogens (tertiary/aromatic N) is 2. The lowest BCUT2D eigenvalue weighted by Gasteiger charge is -2.34. The number of hydrogen-bond donors (Lipinski definition) is 2. The first-order valence-electron chi connectivity index (χ1n) is 12.3. The Morgan fingerprint density at radius 1 is 0.789 bits per heavy atom. The Morgan fingerprint density at radius 3 is 1.92 bits per heavy atom. The van der Waals surface area contributed by atoms with Crippen LogP contribution in [-0.4, -0.2) is 72.7 Å². The molecule has 0 spiro atoms. The second kappa shape index (κ2) is 12.0. The molecule has 1 saturated heterocycles. The van der Waals surface area contributed by atoms with Gasteiger partial charge < -0.3 is 15.3 Å². The van der Waals surface area contributed by atoms with E-state index in [1.807, 2.05) is 30.3 Å². The third kappa shape index (κ3) is 6.45. The molecular formula is C28H29N3O6S. The van der Waals surface area contributed by atoms with E-state index in [4.69, 9.17) is 0 Å². The number of piperazine rings is 1. The number of carbonyl (C=O) groups is 3. The number of hydrogen-bond acceptors (Lipinski definition) is 5. The van der Waals surface area contributed by atoms with Crippen molar-refractivity contribution >= 4 is 27.8 Å². The van der Waals surface area contributed by atoms with Gasteiger partial charge in [0, 0.05) is 38.2 Å². The maximum absolute atomic E-state index is 13.1. The number of carboxylic acids is 1. The third-order valence-corrected chi connectivity index (χ3v) is 8.39. The normalized spacial score (nSPS) is 15.0. The molecule has 3 aromatic rings. The Kier molecular flexibility index (Phi) is 8.55. The Hall–Kier alpha value is -4.02. The summed E-state index contributed by atoms with van der Waals surface area (Å²) in [7, 11) is -3.72. The molecule has 2 amide bonds. The predicted molar refractivity (Wildman–Crippen MR) is 142 cm³/mol. The van der Waals surface area contributed by atoms with Gasteiger partial charge in [-0.1, -0.05) is 60.7 Å². The molecule has 1 atom stereocenters. The van der Waals surface area contributed by atoms with Crippen molar-refractivity contribution in [3.63, 3.8) is 0 Å². The fourth-order valence-electron chi connectivity index (χ4n) is 4.29. The minimum atomic E-state index is -3.72. The summed E-state index contributed by atoms with van der Waals surface area (Å²) in [5, 5.41) is 11.9. The lowest BCUT2D eigenvalue weighted by Crippen LogP contribution is -2.50. The van der Waals surface area contributed by atoms with Crippen LogP contribution in [-0.2, 0) is 19.6 Å². The van der Waals surface area contributed by atoms with Crippen molar-refractivity contribution in [2.24, 2.45) is 0 Å². The summed E-state index contributed by atoms with van der Waals surface area (Å²) in [6, 6.07) is 23.4. The zero-order chi connectivity index (χ0) is 27.1. The SMILES string of the molecule is O=C(N[C@@H](CCC(=O)N1CCN(S(=O)(=O)c2ccc(-c3ccccc3)cc2)CC1)C(=O)O)c1ccccc1. The first-order chi connectivity index (χ1) is 18.3. The molecule has 198 valence electrons. The van der Waals surface area contributed by atoms with Gasteiger partial charge in [-0.3, -0.25) is 9.59 Å². The highest BCUT2D eigenvalue weighted by Crippen LogP contribution is 2.23. The van der Waals surface area contributed by atoms with Crippen LogP contribution in [0.2, 0.25) is 0 Å². The van der Waals surface area contributed by atoms with Crippen molar-refractivity contribution in [1.82, 2.24) is 14.5 Å². The second-order valence-corrected chi connectivity index (χ2v) is 10.9. The number of carboxylic acid groups (broad SMARTS) is 1. The van der Waals surface area contributed by atoms with Crippen LogP contribution in [0.4, 0.5) is 0 Å². The molecule has 2 N–H and O–H groups in total. The predicted octanol–water partition coefficient (Wildman–Crippen LogP) is 2.85. The van der Waals surface area contributed by atoms with E-state index >= 15 is 0 Å². The minimum Gasteiger partial charge on any atom is -0.480 e. The van der Waals surface area contributed by atoms with Crippen LogP contribution in [0.15, 0.2) is 89.8 Å². The molecule has 1 aliphatic heterocycles. The summed E-state index contributed by atoms with van der Waals surface area (Å²) in [4.78, 5) is 38.4. The number of benzene rings is 3. The van der Waals surface area contributed by atoms with E-state index in [2.05, 4.69) is 5.32 Å². The van der Waals surface area contributed by atoms with Gasteiger partial charge in [-0.15, -0.1) is 0 Å². The van der Waals surface area contributed by atoms with Crippen LogP contribution in [0.5, 0.6) is 0 Å². The van der Waals surface area contributed by atoms with E-state index in [1.165, 1.54) is 9.21 Å². The molecule has 0 bridgehead atoms. The number of aliphatic carboxylic acids is 1. The van der Waals surface area contributed by atoms with Crippen LogP contribution in [0.3, 0.4) is 0 Å². The van der Waals surface area contributed by atoms with Gasteiger partial charge in [0.2, 0.25) is 15.9 Å². The van der Waals surface area contributed by atoms with Gasteiger partial charge >= 0.3 is 5.97 Å². The van der Waals surface area contributed by atoms with Crippen LogP contribution >= 0.6 is 0 Å². The average Bonchev–Trinajstić information content (AvgIpc) is 2.96. The number of carbonyl (C=O) groups excluding carboxylic acids is 2. The Bertz CT molecular complexity index is 1370. The fraction of sp³-hybridized carbons (Fsp3) is 0.250. The lowest BCUT2D eigenvalue weighted by atomic mass is 10.1. The molecule has 9 nitrogen and oxygen atoms in total. The highest BCUT2D eigenvalue weighted by atomic mass is 32.2. The quantitative estimate of drug-likeness (QED) is 0.434. The zero-order valence-corrected chi connectivity index (χ0v) is 21.5. The Morgan fingerprint density at radius 2 is 1.34 bits per heavy atom. The molecule has 3 aromatic carbocycles. The summed E-state index contributed by atoms with van der Waals surface area (Å²) in [5.74, 6) is -2.04. The molecule has 0 unspecified atom stereocenters. The van der Waals surface area contributed by atoms with E-state index in [0.29, 0.717) is 5.56 Å². The molecular weight excluding hydrogens is 506 g/mol. The van der Waals surface area contributed by atoms with Gasteiger partial charge in [0.25, 0.3) is 5.91 Å². The monoisotopic (exact) mass is 535 g/mol. The van der Waals surface area contributed by atoms with E-state index in [0.717, 1.165) is 11.1 Å². The average molecular weight is 536 g/mol. The summed E-state index contributed by atoms with van der Waals surface area (Å²) in [5.41, 5.74) is 2.24. The molecule has 1 fully saturated rings. The topological polar surface area (TPSA) is 124 Å². The fourth-order valence-corrected chi connectivity index (χ4v) is 5.71. The zero-order valence-electron chi connectivity index (χ0n) is 20.7. The van der Waals surface area contributed by atoms with Crippen LogP contribution in [0.25, 0.3) is 11.1 Å².